The summed E-state index contributed by atoms with van der Waals surface area (Å²) in [6.45, 7) is 5.77. The molecule has 3 rings (SSSR count). The third kappa shape index (κ3) is 4.71. The maximum absolute atomic E-state index is 9.91. The summed E-state index contributed by atoms with van der Waals surface area (Å²) in [5, 5.41) is 13.3. The van der Waals surface area contributed by atoms with Crippen LogP contribution >= 0.6 is 24.0 Å². The minimum atomic E-state index is 0. The van der Waals surface area contributed by atoms with Crippen molar-refractivity contribution < 1.29 is 9.84 Å². The van der Waals surface area contributed by atoms with Crippen LogP contribution in [0.5, 0.6) is 11.5 Å². The highest BCUT2D eigenvalue weighted by Gasteiger charge is 2.41. The Labute approximate surface area is 167 Å². The molecule has 1 spiro atoms. The number of phenols is 1. The van der Waals surface area contributed by atoms with Gasteiger partial charge in [0.05, 0.1) is 13.7 Å². The molecule has 0 aromatic heterocycles. The number of ether oxygens (including phenoxy) is 1. The lowest BCUT2D eigenvalue weighted by atomic mass is 9.86. The zero-order valence-electron chi connectivity index (χ0n) is 15.3. The topological polar surface area (TPSA) is 57.1 Å². The Hall–Kier alpha value is -1.18. The fourth-order valence-corrected chi connectivity index (χ4v) is 4.07. The molecule has 1 aromatic carbocycles. The number of nitrogens with zero attached hydrogens (tertiary/aromatic N) is 2. The first-order valence-electron chi connectivity index (χ1n) is 9.05. The third-order valence-corrected chi connectivity index (χ3v) is 5.39. The fourth-order valence-electron chi connectivity index (χ4n) is 4.07. The molecule has 2 fully saturated rings. The van der Waals surface area contributed by atoms with Gasteiger partial charge in [-0.05, 0) is 49.3 Å². The Balaban J connectivity index is 0.00000225. The molecule has 25 heavy (non-hydrogen) atoms. The molecule has 2 aliphatic rings. The van der Waals surface area contributed by atoms with Gasteiger partial charge in [-0.25, -0.2) is 4.99 Å². The van der Waals surface area contributed by atoms with Crippen molar-refractivity contribution in [2.45, 2.75) is 45.6 Å². The maximum atomic E-state index is 9.91. The molecule has 0 radical (unpaired) electrons. The number of guanidine groups is 1. The predicted molar refractivity (Wildman–Crippen MR) is 112 cm³/mol. The predicted octanol–water partition coefficient (Wildman–Crippen LogP) is 3.75. The van der Waals surface area contributed by atoms with Gasteiger partial charge in [-0.2, -0.15) is 0 Å². The second-order valence-corrected chi connectivity index (χ2v) is 7.06. The number of halogens is 1. The Morgan fingerprint density at radius 3 is 2.72 bits per heavy atom. The number of likely N-dealkylation sites (tertiary alicyclic amines) is 1. The Bertz CT molecular complexity index is 600. The molecule has 0 bridgehead atoms. The van der Waals surface area contributed by atoms with Crippen LogP contribution in [0, 0.1) is 5.41 Å². The molecule has 0 amide bonds. The van der Waals surface area contributed by atoms with Crippen molar-refractivity contribution in [3.05, 3.63) is 23.8 Å². The molecule has 1 aliphatic heterocycles. The van der Waals surface area contributed by atoms with E-state index in [0.29, 0.717) is 17.7 Å². The zero-order valence-corrected chi connectivity index (χ0v) is 17.6. The number of hydrogen-bond donors (Lipinski definition) is 2. The smallest absolute Gasteiger partial charge is 0.194 e. The average molecular weight is 459 g/mol. The SMILES string of the molecule is CCNC(=NCc1ccc(OC)c(O)c1)N1CCC2(CCCC2)C1.I. The maximum Gasteiger partial charge on any atom is 0.194 e. The van der Waals surface area contributed by atoms with Gasteiger partial charge < -0.3 is 20.1 Å². The Morgan fingerprint density at radius 2 is 2.08 bits per heavy atom. The number of aliphatic imine (C=N–C) groups is 1. The van der Waals surface area contributed by atoms with Crippen LogP contribution in [0.2, 0.25) is 0 Å². The second kappa shape index (κ2) is 8.96. The molecule has 6 heteroatoms. The highest BCUT2D eigenvalue weighted by molar-refractivity contribution is 14.0. The van der Waals surface area contributed by atoms with Crippen molar-refractivity contribution in [3.63, 3.8) is 0 Å². The quantitative estimate of drug-likeness (QED) is 0.409. The van der Waals surface area contributed by atoms with E-state index in [1.165, 1.54) is 32.1 Å². The molecule has 1 saturated heterocycles. The summed E-state index contributed by atoms with van der Waals surface area (Å²) in [7, 11) is 1.56. The lowest BCUT2D eigenvalue weighted by Gasteiger charge is -2.26. The van der Waals surface area contributed by atoms with Gasteiger partial charge in [0, 0.05) is 19.6 Å². The standard InChI is InChI=1S/C19H29N3O2.HI/c1-3-20-18(22-11-10-19(14-22)8-4-5-9-19)21-13-15-6-7-17(24-2)16(23)12-15;/h6-7,12,23H,3-5,8-11,13-14H2,1-2H3,(H,20,21);1H. The van der Waals surface area contributed by atoms with Crippen molar-refractivity contribution in [1.82, 2.24) is 10.2 Å². The van der Waals surface area contributed by atoms with E-state index in [1.54, 1.807) is 19.2 Å². The largest absolute Gasteiger partial charge is 0.504 e. The highest BCUT2D eigenvalue weighted by Crippen LogP contribution is 2.45. The second-order valence-electron chi connectivity index (χ2n) is 7.06. The van der Waals surface area contributed by atoms with Crippen LogP contribution in [0.25, 0.3) is 0 Å². The number of hydrogen-bond acceptors (Lipinski definition) is 3. The summed E-state index contributed by atoms with van der Waals surface area (Å²) in [6.07, 6.45) is 6.80. The average Bonchev–Trinajstić information content (AvgIpc) is 3.22. The molecule has 1 aliphatic carbocycles. The molecule has 1 heterocycles. The van der Waals surface area contributed by atoms with Crippen molar-refractivity contribution >= 4 is 29.9 Å². The minimum Gasteiger partial charge on any atom is -0.504 e. The minimum absolute atomic E-state index is 0. The summed E-state index contributed by atoms with van der Waals surface area (Å²) < 4.78 is 5.09. The van der Waals surface area contributed by atoms with Gasteiger partial charge in [0.1, 0.15) is 0 Å². The van der Waals surface area contributed by atoms with Crippen molar-refractivity contribution in [3.8, 4) is 11.5 Å². The van der Waals surface area contributed by atoms with Crippen LogP contribution < -0.4 is 10.1 Å². The van der Waals surface area contributed by atoms with Gasteiger partial charge in [0.2, 0.25) is 0 Å². The number of nitrogens with one attached hydrogen (secondary N) is 1. The normalized spacial score (nSPS) is 19.1. The van der Waals surface area contributed by atoms with Gasteiger partial charge in [-0.1, -0.05) is 18.9 Å². The molecule has 1 saturated carbocycles. The van der Waals surface area contributed by atoms with Crippen molar-refractivity contribution in [2.24, 2.45) is 10.4 Å². The molecule has 1 aromatic rings. The van der Waals surface area contributed by atoms with Crippen LogP contribution in [-0.4, -0.2) is 42.7 Å². The van der Waals surface area contributed by atoms with Crippen LogP contribution in [0.15, 0.2) is 23.2 Å². The Kier molecular flexibility index (Phi) is 7.22. The van der Waals surface area contributed by atoms with Gasteiger partial charge in [0.15, 0.2) is 17.5 Å². The Morgan fingerprint density at radius 1 is 1.32 bits per heavy atom. The first kappa shape index (κ1) is 20.1. The third-order valence-electron chi connectivity index (χ3n) is 5.39. The van der Waals surface area contributed by atoms with E-state index < -0.39 is 0 Å². The summed E-state index contributed by atoms with van der Waals surface area (Å²) >= 11 is 0. The number of phenolic OH excluding ortho intramolecular Hbond substituents is 1. The van der Waals surface area contributed by atoms with E-state index >= 15 is 0 Å². The van der Waals surface area contributed by atoms with E-state index in [-0.39, 0.29) is 29.7 Å². The van der Waals surface area contributed by atoms with Gasteiger partial charge in [0.25, 0.3) is 0 Å². The number of methoxy groups -OCH3 is 1. The van der Waals surface area contributed by atoms with E-state index in [4.69, 9.17) is 9.73 Å². The molecule has 5 nitrogen and oxygen atoms in total. The van der Waals surface area contributed by atoms with E-state index in [0.717, 1.165) is 31.2 Å². The number of aromatic hydroxyl groups is 1. The fraction of sp³-hybridized carbons (Fsp3) is 0.632. The lowest BCUT2D eigenvalue weighted by Crippen LogP contribution is -2.41. The molecule has 2 N–H and O–H groups in total. The molecule has 140 valence electrons. The van der Waals surface area contributed by atoms with Crippen molar-refractivity contribution in [2.75, 3.05) is 26.7 Å². The van der Waals surface area contributed by atoms with E-state index in [2.05, 4.69) is 17.1 Å². The molecule has 0 unspecified atom stereocenters. The van der Waals surface area contributed by atoms with E-state index in [1.807, 2.05) is 6.07 Å². The van der Waals surface area contributed by atoms with Gasteiger partial charge in [-0.3, -0.25) is 0 Å². The van der Waals surface area contributed by atoms with E-state index in [9.17, 15) is 5.11 Å². The monoisotopic (exact) mass is 459 g/mol. The van der Waals surface area contributed by atoms with Crippen LogP contribution in [0.3, 0.4) is 0 Å². The summed E-state index contributed by atoms with van der Waals surface area (Å²) in [5.41, 5.74) is 1.52. The van der Waals surface area contributed by atoms with Gasteiger partial charge >= 0.3 is 0 Å². The zero-order chi connectivity index (χ0) is 17.0. The number of rotatable bonds is 4. The van der Waals surface area contributed by atoms with Crippen LogP contribution in [0.1, 0.15) is 44.6 Å². The van der Waals surface area contributed by atoms with Crippen molar-refractivity contribution in [1.29, 1.82) is 0 Å². The first-order valence-corrected chi connectivity index (χ1v) is 9.05. The first-order chi connectivity index (χ1) is 11.7. The summed E-state index contributed by atoms with van der Waals surface area (Å²) in [5.74, 6) is 1.66. The highest BCUT2D eigenvalue weighted by atomic mass is 127. The lowest BCUT2D eigenvalue weighted by molar-refractivity contribution is 0.309. The number of benzene rings is 1. The van der Waals surface area contributed by atoms with Crippen LogP contribution in [0.4, 0.5) is 0 Å². The van der Waals surface area contributed by atoms with Crippen LogP contribution in [-0.2, 0) is 6.54 Å². The summed E-state index contributed by atoms with van der Waals surface area (Å²) in [4.78, 5) is 7.21. The molecular formula is C19H30IN3O2. The van der Waals surface area contributed by atoms with Gasteiger partial charge in [-0.15, -0.1) is 24.0 Å². The molecule has 0 atom stereocenters. The molecular weight excluding hydrogens is 429 g/mol. The summed E-state index contributed by atoms with van der Waals surface area (Å²) in [6, 6.07) is 5.47.